The van der Waals surface area contributed by atoms with E-state index >= 15 is 0 Å². The number of rotatable bonds is 5. The lowest BCUT2D eigenvalue weighted by molar-refractivity contribution is -0.132. The van der Waals surface area contributed by atoms with Gasteiger partial charge in [-0.1, -0.05) is 43.6 Å². The van der Waals surface area contributed by atoms with Gasteiger partial charge in [-0.2, -0.15) is 0 Å². The Morgan fingerprint density at radius 3 is 2.67 bits per heavy atom. The highest BCUT2D eigenvalue weighted by molar-refractivity contribution is 8.43. The highest BCUT2D eigenvalue weighted by atomic mass is 35.5. The summed E-state index contributed by atoms with van der Waals surface area (Å²) < 4.78 is 27.2. The van der Waals surface area contributed by atoms with Crippen molar-refractivity contribution in [1.82, 2.24) is 5.32 Å². The molecule has 33 heavy (non-hydrogen) atoms. The minimum atomic E-state index is -3.58. The number of carbonyl (C=O) groups is 1. The van der Waals surface area contributed by atoms with Gasteiger partial charge in [0.2, 0.25) is 0 Å². The number of benzene rings is 2. The number of allylic oxidation sites excluding steroid dienone is 2. The zero-order valence-electron chi connectivity index (χ0n) is 18.4. The summed E-state index contributed by atoms with van der Waals surface area (Å²) in [5.41, 5.74) is 2.67. The molecule has 174 valence electrons. The summed E-state index contributed by atoms with van der Waals surface area (Å²) in [5, 5.41) is 12.7. The van der Waals surface area contributed by atoms with Gasteiger partial charge in [0.25, 0.3) is 0 Å². The zero-order valence-corrected chi connectivity index (χ0v) is 20.9. The summed E-state index contributed by atoms with van der Waals surface area (Å²) in [6, 6.07) is 13.0. The van der Waals surface area contributed by atoms with E-state index in [1.807, 2.05) is 35.2 Å². The molecule has 0 saturated carbocycles. The van der Waals surface area contributed by atoms with Crippen LogP contribution in [-0.4, -0.2) is 38.2 Å². The standard InChI is InChI=1S/C24H26ClN2O4PS/c1-15(2)8-19-14-27(18-6-4-3-5-7-18)22-11-21(25)20(10-23(22)33(30,31)32-19)16-9-17(24(28)29)13-26-12-16/h3-7,9-12,15,19,26,32H,8,13-14H2,1-2H3,(H,28,29). The number of hydrogen-bond donors (Lipinski definition) is 2. The Kier molecular flexibility index (Phi) is 6.85. The van der Waals surface area contributed by atoms with E-state index in [0.29, 0.717) is 34.3 Å². The SMILES string of the molecule is CC(C)CC1CN(c2ccccc2)c2cc(Cl)c(C3=CNCC(C(=O)O)=C3)cc2S(=O)(=O)P1. The molecule has 0 aliphatic carbocycles. The number of hydrogen-bond acceptors (Lipinski definition) is 5. The van der Waals surface area contributed by atoms with Gasteiger partial charge in [0, 0.05) is 44.0 Å². The first-order valence-electron chi connectivity index (χ1n) is 10.7. The van der Waals surface area contributed by atoms with Crippen LogP contribution in [0.2, 0.25) is 5.02 Å². The smallest absolute Gasteiger partial charge is 0.333 e. The van der Waals surface area contributed by atoms with Crippen LogP contribution in [0, 0.1) is 5.92 Å². The number of nitrogens with zero attached hydrogens (tertiary/aromatic N) is 1. The Hall–Kier alpha value is -2.34. The number of para-hydroxylation sites is 1. The normalized spacial score (nSPS) is 20.5. The van der Waals surface area contributed by atoms with Crippen LogP contribution < -0.4 is 10.2 Å². The number of carboxylic acid groups (broad SMARTS) is 1. The minimum Gasteiger partial charge on any atom is -0.478 e. The number of dihydropyridines is 1. The molecule has 2 atom stereocenters. The van der Waals surface area contributed by atoms with Gasteiger partial charge in [-0.05, 0) is 48.3 Å². The van der Waals surface area contributed by atoms with Crippen LogP contribution in [-0.2, 0) is 14.3 Å². The van der Waals surface area contributed by atoms with Crippen LogP contribution in [0.1, 0.15) is 25.8 Å². The van der Waals surface area contributed by atoms with Crippen molar-refractivity contribution >= 4 is 51.8 Å². The van der Waals surface area contributed by atoms with Gasteiger partial charge >= 0.3 is 5.97 Å². The molecule has 0 aromatic heterocycles. The van der Waals surface area contributed by atoms with Gasteiger partial charge in [0.15, 0.2) is 9.46 Å². The third-order valence-electron chi connectivity index (χ3n) is 5.64. The third kappa shape index (κ3) is 5.11. The first-order valence-corrected chi connectivity index (χ1v) is 14.4. The van der Waals surface area contributed by atoms with Gasteiger partial charge in [-0.25, -0.2) is 13.2 Å². The first kappa shape index (κ1) is 23.8. The van der Waals surface area contributed by atoms with Crippen molar-refractivity contribution in [3.05, 3.63) is 70.9 Å². The number of carboxylic acids is 1. The highest BCUT2D eigenvalue weighted by Crippen LogP contribution is 2.48. The number of nitrogens with one attached hydrogen (secondary N) is 1. The fourth-order valence-electron chi connectivity index (χ4n) is 4.22. The van der Waals surface area contributed by atoms with E-state index in [0.717, 1.165) is 12.1 Å². The summed E-state index contributed by atoms with van der Waals surface area (Å²) in [7, 11) is -3.84. The predicted molar refractivity (Wildman–Crippen MR) is 135 cm³/mol. The molecule has 0 saturated heterocycles. The topological polar surface area (TPSA) is 86.7 Å². The molecule has 9 heteroatoms. The van der Waals surface area contributed by atoms with Crippen molar-refractivity contribution in [2.24, 2.45) is 5.92 Å². The highest BCUT2D eigenvalue weighted by Gasteiger charge is 2.34. The molecule has 0 bridgehead atoms. The van der Waals surface area contributed by atoms with Crippen LogP contribution in [0.25, 0.3) is 5.57 Å². The van der Waals surface area contributed by atoms with Crippen molar-refractivity contribution in [3.63, 3.8) is 0 Å². The molecule has 4 rings (SSSR count). The molecule has 2 aliphatic heterocycles. The quantitative estimate of drug-likeness (QED) is 0.542. The Balaban J connectivity index is 1.89. The number of fused-ring (bicyclic) bond motifs is 1. The molecule has 0 radical (unpaired) electrons. The maximum absolute atomic E-state index is 13.6. The molecule has 0 fully saturated rings. The third-order valence-corrected chi connectivity index (χ3v) is 10.5. The number of anilines is 2. The Morgan fingerprint density at radius 2 is 2.00 bits per heavy atom. The van der Waals surface area contributed by atoms with Crippen LogP contribution in [0.3, 0.4) is 0 Å². The van der Waals surface area contributed by atoms with Crippen molar-refractivity contribution in [1.29, 1.82) is 0 Å². The van der Waals surface area contributed by atoms with E-state index in [1.165, 1.54) is 6.08 Å². The number of halogens is 1. The molecule has 2 aromatic carbocycles. The average Bonchev–Trinajstić information content (AvgIpc) is 2.86. The Labute approximate surface area is 200 Å². The Morgan fingerprint density at radius 1 is 1.27 bits per heavy atom. The molecule has 0 spiro atoms. The summed E-state index contributed by atoms with van der Waals surface area (Å²) in [4.78, 5) is 13.7. The Bertz CT molecular complexity index is 1240. The fraction of sp³-hybridized carbons (Fsp3) is 0.292. The van der Waals surface area contributed by atoms with Crippen molar-refractivity contribution in [3.8, 4) is 0 Å². The lowest BCUT2D eigenvalue weighted by atomic mass is 10.0. The maximum Gasteiger partial charge on any atom is 0.333 e. The summed E-state index contributed by atoms with van der Waals surface area (Å²) in [6.07, 6.45) is 4.01. The van der Waals surface area contributed by atoms with Crippen LogP contribution >= 0.6 is 19.4 Å². The van der Waals surface area contributed by atoms with Gasteiger partial charge < -0.3 is 15.3 Å². The van der Waals surface area contributed by atoms with E-state index in [9.17, 15) is 18.3 Å². The second-order valence-electron chi connectivity index (χ2n) is 8.65. The molecule has 2 aromatic rings. The summed E-state index contributed by atoms with van der Waals surface area (Å²) in [5.74, 6) is -0.659. The van der Waals surface area contributed by atoms with Gasteiger partial charge in [-0.3, -0.25) is 0 Å². The number of aliphatic carboxylic acids is 1. The predicted octanol–water partition coefficient (Wildman–Crippen LogP) is 5.23. The largest absolute Gasteiger partial charge is 0.478 e. The van der Waals surface area contributed by atoms with Crippen LogP contribution in [0.4, 0.5) is 11.4 Å². The van der Waals surface area contributed by atoms with Gasteiger partial charge in [-0.15, -0.1) is 0 Å². The van der Waals surface area contributed by atoms with E-state index in [4.69, 9.17) is 11.6 Å². The van der Waals surface area contributed by atoms with E-state index in [2.05, 4.69) is 19.2 Å². The summed E-state index contributed by atoms with van der Waals surface area (Å²) >= 11 is 6.68. The van der Waals surface area contributed by atoms with E-state index in [1.54, 1.807) is 18.3 Å². The van der Waals surface area contributed by atoms with E-state index in [-0.39, 0.29) is 30.5 Å². The molecule has 2 heterocycles. The van der Waals surface area contributed by atoms with Crippen LogP contribution in [0.15, 0.2) is 65.2 Å². The first-order chi connectivity index (χ1) is 15.7. The molecule has 2 aliphatic rings. The monoisotopic (exact) mass is 504 g/mol. The van der Waals surface area contributed by atoms with Crippen LogP contribution in [0.5, 0.6) is 0 Å². The van der Waals surface area contributed by atoms with E-state index < -0.39 is 15.4 Å². The maximum atomic E-state index is 13.6. The lowest BCUT2D eigenvalue weighted by Crippen LogP contribution is -2.26. The lowest BCUT2D eigenvalue weighted by Gasteiger charge is -2.28. The average molecular weight is 505 g/mol. The zero-order chi connectivity index (χ0) is 23.8. The van der Waals surface area contributed by atoms with Gasteiger partial charge in [0.1, 0.15) is 0 Å². The molecular weight excluding hydrogens is 479 g/mol. The second-order valence-corrected chi connectivity index (χ2v) is 13.9. The molecule has 2 unspecified atom stereocenters. The van der Waals surface area contributed by atoms with Gasteiger partial charge in [0.05, 0.1) is 21.2 Å². The summed E-state index contributed by atoms with van der Waals surface area (Å²) in [6.45, 7) is 4.98. The van der Waals surface area contributed by atoms with Crippen molar-refractivity contribution < 1.29 is 18.3 Å². The molecule has 2 N–H and O–H groups in total. The molecular formula is C24H26ClN2O4PS. The second kappa shape index (κ2) is 9.49. The molecule has 6 nitrogen and oxygen atoms in total. The van der Waals surface area contributed by atoms with Crippen molar-refractivity contribution in [2.45, 2.75) is 30.8 Å². The van der Waals surface area contributed by atoms with Crippen molar-refractivity contribution in [2.75, 3.05) is 18.0 Å². The fourth-order valence-corrected chi connectivity index (χ4v) is 9.29. The molecule has 0 amide bonds. The minimum absolute atomic E-state index is 0.0149.